The third-order valence-corrected chi connectivity index (χ3v) is 5.70. The van der Waals surface area contributed by atoms with Crippen LogP contribution >= 0.6 is 0 Å². The summed E-state index contributed by atoms with van der Waals surface area (Å²) in [6.45, 7) is 0. The Hall–Kier alpha value is -4.80. The van der Waals surface area contributed by atoms with Crippen molar-refractivity contribution in [3.05, 3.63) is 115 Å². The summed E-state index contributed by atoms with van der Waals surface area (Å²) in [4.78, 5) is 12.4. The molecule has 0 saturated carbocycles. The topological polar surface area (TPSA) is 46.4 Å². The van der Waals surface area contributed by atoms with Gasteiger partial charge in [-0.15, -0.1) is 0 Å². The van der Waals surface area contributed by atoms with Gasteiger partial charge in [-0.1, -0.05) is 23.7 Å². The molecule has 34 heavy (non-hydrogen) atoms. The Morgan fingerprint density at radius 3 is 1.59 bits per heavy atom. The molecule has 0 spiro atoms. The molecule has 0 unspecified atom stereocenters. The Kier molecular flexibility index (Phi) is 5.34. The van der Waals surface area contributed by atoms with Crippen LogP contribution in [0.3, 0.4) is 0 Å². The van der Waals surface area contributed by atoms with Crippen LogP contribution in [0.1, 0.15) is 22.3 Å². The Bertz CT molecular complexity index is 1630. The number of non-ortho nitro benzene ring substituents is 1. The maximum atomic E-state index is 10.8. The molecule has 4 heteroatoms. The van der Waals surface area contributed by atoms with Crippen LogP contribution in [-0.2, 0) is 0 Å². The van der Waals surface area contributed by atoms with Crippen LogP contribution in [0.5, 0.6) is 0 Å². The highest BCUT2D eigenvalue weighted by atomic mass is 16.6. The minimum absolute atomic E-state index is 0.0645. The molecule has 4 nitrogen and oxygen atoms in total. The van der Waals surface area contributed by atoms with E-state index in [-0.39, 0.29) is 5.69 Å². The molecule has 0 N–H and O–H groups in total. The molecule has 0 atom stereocenters. The van der Waals surface area contributed by atoms with E-state index in [2.05, 4.69) is 77.2 Å². The van der Waals surface area contributed by atoms with Crippen molar-refractivity contribution in [1.29, 1.82) is 0 Å². The molecule has 0 saturated heterocycles. The maximum Gasteiger partial charge on any atom is 0.269 e. The third kappa shape index (κ3) is 4.39. The molecule has 3 aromatic carbocycles. The molecule has 0 radical (unpaired) electrons. The van der Waals surface area contributed by atoms with E-state index in [0.717, 1.165) is 49.5 Å². The van der Waals surface area contributed by atoms with Crippen molar-refractivity contribution in [3.8, 4) is 23.7 Å². The van der Waals surface area contributed by atoms with Crippen LogP contribution in [0.2, 0.25) is 0 Å². The van der Waals surface area contributed by atoms with E-state index < -0.39 is 4.92 Å². The summed E-state index contributed by atoms with van der Waals surface area (Å²) in [5.74, 6) is 12.8. The van der Waals surface area contributed by atoms with Gasteiger partial charge in [0.25, 0.3) is 5.69 Å². The third-order valence-electron chi connectivity index (χ3n) is 5.70. The summed E-state index contributed by atoms with van der Waals surface area (Å²) in [5.41, 5.74) is 7.15. The zero-order valence-corrected chi connectivity index (χ0v) is 18.8. The highest BCUT2D eigenvalue weighted by Crippen LogP contribution is 2.16. The lowest BCUT2D eigenvalue weighted by molar-refractivity contribution is -0.384. The van der Waals surface area contributed by atoms with E-state index >= 15 is 0 Å². The normalized spacial score (nSPS) is 12.4. The van der Waals surface area contributed by atoms with Gasteiger partial charge < -0.3 is 4.90 Å². The van der Waals surface area contributed by atoms with Crippen LogP contribution in [0.25, 0.3) is 24.3 Å². The molecule has 0 heterocycles. The van der Waals surface area contributed by atoms with Gasteiger partial charge in [0, 0.05) is 54.2 Å². The highest BCUT2D eigenvalue weighted by molar-refractivity contribution is 5.83. The fourth-order valence-electron chi connectivity index (χ4n) is 3.86. The van der Waals surface area contributed by atoms with E-state index in [1.165, 1.54) is 12.1 Å². The van der Waals surface area contributed by atoms with Crippen LogP contribution in [0, 0.1) is 33.8 Å². The zero-order valence-electron chi connectivity index (χ0n) is 18.8. The second-order valence-corrected chi connectivity index (χ2v) is 8.34. The van der Waals surface area contributed by atoms with Crippen molar-refractivity contribution in [1.82, 2.24) is 0 Å². The number of allylic oxidation sites excluding steroid dienone is 2. The van der Waals surface area contributed by atoms with Crippen molar-refractivity contribution in [2.45, 2.75) is 0 Å². The monoisotopic (exact) mass is 440 g/mol. The van der Waals surface area contributed by atoms with Crippen molar-refractivity contribution in [2.75, 3.05) is 19.0 Å². The number of fused-ring (bicyclic) bond motifs is 2. The number of nitro benzene ring substituents is 1. The predicted octanol–water partition coefficient (Wildman–Crippen LogP) is 4.12. The van der Waals surface area contributed by atoms with Gasteiger partial charge in [0.15, 0.2) is 0 Å². The van der Waals surface area contributed by atoms with Crippen molar-refractivity contribution >= 4 is 35.7 Å². The fraction of sp³-hybridized carbons (Fsp3) is 0.0667. The second-order valence-electron chi connectivity index (χ2n) is 8.34. The van der Waals surface area contributed by atoms with E-state index in [0.29, 0.717) is 0 Å². The van der Waals surface area contributed by atoms with Crippen molar-refractivity contribution in [3.63, 3.8) is 0 Å². The van der Waals surface area contributed by atoms with Gasteiger partial charge in [0.2, 0.25) is 0 Å². The van der Waals surface area contributed by atoms with E-state index in [1.807, 2.05) is 26.2 Å². The lowest BCUT2D eigenvalue weighted by atomic mass is 10.1. The van der Waals surface area contributed by atoms with Crippen LogP contribution in [0.15, 0.2) is 71.8 Å². The number of nitrogens with zero attached hydrogens (tertiary/aromatic N) is 2. The summed E-state index contributed by atoms with van der Waals surface area (Å²) in [5, 5.41) is 13.1. The lowest BCUT2D eigenvalue weighted by Crippen LogP contribution is -2.12. The Morgan fingerprint density at radius 2 is 1.15 bits per heavy atom. The van der Waals surface area contributed by atoms with Gasteiger partial charge in [-0.3, -0.25) is 10.1 Å². The summed E-state index contributed by atoms with van der Waals surface area (Å²) < 4.78 is 0. The van der Waals surface area contributed by atoms with Crippen LogP contribution < -0.4 is 15.3 Å². The SMILES string of the molecule is CN(C)c1ccc(C#CC2=Cc3cc4c(cc3=C2)C=C(C#Cc2ccc([N+](=O)[O-])cc2)C=4)cc1. The molecule has 0 bridgehead atoms. The lowest BCUT2D eigenvalue weighted by Gasteiger charge is -2.11. The van der Waals surface area contributed by atoms with Crippen molar-refractivity contribution < 1.29 is 4.92 Å². The Labute approximate surface area is 198 Å². The Balaban J connectivity index is 1.34. The minimum Gasteiger partial charge on any atom is -0.378 e. The smallest absolute Gasteiger partial charge is 0.269 e. The molecule has 162 valence electrons. The minimum atomic E-state index is -0.411. The molecule has 2 aliphatic carbocycles. The number of hydrogen-bond donors (Lipinski definition) is 0. The first-order chi connectivity index (χ1) is 16.4. The maximum absolute atomic E-state index is 10.8. The molecule has 0 amide bonds. The van der Waals surface area contributed by atoms with Crippen LogP contribution in [0.4, 0.5) is 11.4 Å². The molecule has 0 aromatic heterocycles. The van der Waals surface area contributed by atoms with E-state index in [9.17, 15) is 10.1 Å². The van der Waals surface area contributed by atoms with Gasteiger partial charge in [0.1, 0.15) is 0 Å². The Morgan fingerprint density at radius 1 is 0.676 bits per heavy atom. The fourth-order valence-corrected chi connectivity index (χ4v) is 3.86. The van der Waals surface area contributed by atoms with Gasteiger partial charge >= 0.3 is 0 Å². The summed E-state index contributed by atoms with van der Waals surface area (Å²) in [7, 11) is 4.05. The molecule has 0 aliphatic heterocycles. The quantitative estimate of drug-likeness (QED) is 0.342. The van der Waals surface area contributed by atoms with Gasteiger partial charge in [-0.2, -0.15) is 0 Å². The first-order valence-corrected chi connectivity index (χ1v) is 10.8. The average molecular weight is 441 g/mol. The average Bonchev–Trinajstić information content (AvgIpc) is 3.42. The number of anilines is 1. The number of rotatable bonds is 2. The van der Waals surface area contributed by atoms with E-state index in [1.54, 1.807) is 12.1 Å². The van der Waals surface area contributed by atoms with Gasteiger partial charge in [-0.25, -0.2) is 0 Å². The summed E-state index contributed by atoms with van der Waals surface area (Å²) >= 11 is 0. The molecular weight excluding hydrogens is 420 g/mol. The van der Waals surface area contributed by atoms with Gasteiger partial charge in [0.05, 0.1) is 4.92 Å². The molecule has 0 fully saturated rings. The summed E-state index contributed by atoms with van der Waals surface area (Å²) in [6.07, 6.45) is 8.37. The molecule has 3 aromatic rings. The molecular formula is C30H20N2O2. The van der Waals surface area contributed by atoms with Gasteiger partial charge in [-0.05, 0) is 94.4 Å². The zero-order chi connectivity index (χ0) is 23.7. The standard InChI is InChI=1S/C30H20N2O2/c1-31(2)29-11-7-21(8-12-29)3-5-23-15-25-19-27-17-24(18-28(27)20-26(25)16-23)6-4-22-9-13-30(14-10-22)32(33)34/h7-20H,1-2H3. The predicted molar refractivity (Wildman–Crippen MR) is 138 cm³/mol. The number of benzene rings is 3. The second kappa shape index (κ2) is 8.62. The van der Waals surface area contributed by atoms with E-state index in [4.69, 9.17) is 0 Å². The first kappa shape index (κ1) is 21.1. The summed E-state index contributed by atoms with van der Waals surface area (Å²) in [6, 6.07) is 18.8. The molecule has 2 aliphatic rings. The number of nitro groups is 1. The molecule has 5 rings (SSSR count). The largest absolute Gasteiger partial charge is 0.378 e. The van der Waals surface area contributed by atoms with Crippen molar-refractivity contribution in [2.24, 2.45) is 0 Å². The van der Waals surface area contributed by atoms with Crippen LogP contribution in [-0.4, -0.2) is 19.0 Å². The highest BCUT2D eigenvalue weighted by Gasteiger charge is 2.09. The first-order valence-electron chi connectivity index (χ1n) is 10.8. The number of hydrogen-bond acceptors (Lipinski definition) is 3.